The molecule has 0 radical (unpaired) electrons. The zero-order valence-corrected chi connectivity index (χ0v) is 6.25. The number of nitrogens with two attached hydrogens (primary N) is 1. The molecule has 1 heterocycles. The van der Waals surface area contributed by atoms with Crippen molar-refractivity contribution < 1.29 is 9.21 Å². The Morgan fingerprint density at radius 3 is 3.00 bits per heavy atom. The maximum absolute atomic E-state index is 10.3. The second-order valence-electron chi connectivity index (χ2n) is 2.40. The van der Waals surface area contributed by atoms with Gasteiger partial charge in [-0.2, -0.15) is 0 Å². The average Bonchev–Trinajstić information content (AvgIpc) is 2.39. The van der Waals surface area contributed by atoms with Gasteiger partial charge in [0.2, 0.25) is 5.91 Å². The lowest BCUT2D eigenvalue weighted by atomic mass is 10.2. The molecule has 1 aromatic rings. The van der Waals surface area contributed by atoms with E-state index >= 15 is 0 Å². The summed E-state index contributed by atoms with van der Waals surface area (Å²) >= 11 is 0. The Kier molecular flexibility index (Phi) is 2.72. The SMILES string of the molecule is NC(=O)CCCc1ccco1. The molecule has 60 valence electrons. The smallest absolute Gasteiger partial charge is 0.217 e. The normalized spacial score (nSPS) is 9.82. The van der Waals surface area contributed by atoms with Crippen LogP contribution in [0.25, 0.3) is 0 Å². The molecule has 0 aliphatic heterocycles. The molecule has 0 fully saturated rings. The largest absolute Gasteiger partial charge is 0.469 e. The lowest BCUT2D eigenvalue weighted by Gasteiger charge is -1.93. The van der Waals surface area contributed by atoms with E-state index in [9.17, 15) is 4.79 Å². The lowest BCUT2D eigenvalue weighted by Crippen LogP contribution is -2.09. The fourth-order valence-corrected chi connectivity index (χ4v) is 0.892. The molecule has 0 atom stereocenters. The maximum atomic E-state index is 10.3. The first-order chi connectivity index (χ1) is 5.29. The monoisotopic (exact) mass is 153 g/mol. The van der Waals surface area contributed by atoms with Crippen molar-refractivity contribution in [2.24, 2.45) is 5.73 Å². The third kappa shape index (κ3) is 2.89. The van der Waals surface area contributed by atoms with Crippen LogP contribution in [0.2, 0.25) is 0 Å². The van der Waals surface area contributed by atoms with Crippen LogP contribution in [0.4, 0.5) is 0 Å². The number of primary amides is 1. The third-order valence-corrected chi connectivity index (χ3v) is 1.43. The highest BCUT2D eigenvalue weighted by molar-refractivity contribution is 5.73. The van der Waals surface area contributed by atoms with Gasteiger partial charge in [-0.05, 0) is 18.6 Å². The van der Waals surface area contributed by atoms with Crippen molar-refractivity contribution in [1.82, 2.24) is 0 Å². The fraction of sp³-hybridized carbons (Fsp3) is 0.375. The molecular formula is C8H11NO2. The summed E-state index contributed by atoms with van der Waals surface area (Å²) in [5.41, 5.74) is 4.96. The lowest BCUT2D eigenvalue weighted by molar-refractivity contribution is -0.118. The number of amides is 1. The minimum Gasteiger partial charge on any atom is -0.469 e. The van der Waals surface area contributed by atoms with Crippen molar-refractivity contribution in [3.05, 3.63) is 24.2 Å². The number of hydrogen-bond acceptors (Lipinski definition) is 2. The summed E-state index contributed by atoms with van der Waals surface area (Å²) in [4.78, 5) is 10.3. The zero-order valence-electron chi connectivity index (χ0n) is 6.25. The number of furan rings is 1. The molecule has 0 unspecified atom stereocenters. The topological polar surface area (TPSA) is 56.2 Å². The van der Waals surface area contributed by atoms with E-state index in [0.717, 1.165) is 18.6 Å². The van der Waals surface area contributed by atoms with Crippen molar-refractivity contribution >= 4 is 5.91 Å². The predicted octanol–water partition coefficient (Wildman–Crippen LogP) is 1.09. The van der Waals surface area contributed by atoms with Gasteiger partial charge in [-0.3, -0.25) is 4.79 Å². The molecule has 0 aliphatic carbocycles. The van der Waals surface area contributed by atoms with Gasteiger partial charge in [0.05, 0.1) is 6.26 Å². The van der Waals surface area contributed by atoms with Gasteiger partial charge in [0, 0.05) is 12.8 Å². The van der Waals surface area contributed by atoms with E-state index in [-0.39, 0.29) is 5.91 Å². The number of rotatable bonds is 4. The van der Waals surface area contributed by atoms with E-state index in [1.54, 1.807) is 6.26 Å². The van der Waals surface area contributed by atoms with Gasteiger partial charge in [0.25, 0.3) is 0 Å². The molecule has 0 aliphatic rings. The van der Waals surface area contributed by atoms with Crippen LogP contribution in [0, 0.1) is 0 Å². The summed E-state index contributed by atoms with van der Waals surface area (Å²) in [6.07, 6.45) is 3.61. The Hall–Kier alpha value is -1.25. The number of aryl methyl sites for hydroxylation is 1. The summed E-state index contributed by atoms with van der Waals surface area (Å²) in [7, 11) is 0. The molecule has 0 saturated carbocycles. The van der Waals surface area contributed by atoms with Crippen LogP contribution in [-0.2, 0) is 11.2 Å². The number of carbonyl (C=O) groups excluding carboxylic acids is 1. The third-order valence-electron chi connectivity index (χ3n) is 1.43. The first-order valence-corrected chi connectivity index (χ1v) is 3.60. The number of carbonyl (C=O) groups is 1. The molecule has 0 spiro atoms. The quantitative estimate of drug-likeness (QED) is 0.703. The van der Waals surface area contributed by atoms with Crippen LogP contribution in [0.15, 0.2) is 22.8 Å². The van der Waals surface area contributed by atoms with Gasteiger partial charge in [0.1, 0.15) is 5.76 Å². The molecule has 0 bridgehead atoms. The van der Waals surface area contributed by atoms with Crippen LogP contribution in [0.5, 0.6) is 0 Å². The van der Waals surface area contributed by atoms with Crippen LogP contribution in [0.1, 0.15) is 18.6 Å². The van der Waals surface area contributed by atoms with E-state index < -0.39 is 0 Å². The highest BCUT2D eigenvalue weighted by Crippen LogP contribution is 2.04. The van der Waals surface area contributed by atoms with Crippen LogP contribution in [-0.4, -0.2) is 5.91 Å². The summed E-state index contributed by atoms with van der Waals surface area (Å²) in [6, 6.07) is 3.72. The fourth-order valence-electron chi connectivity index (χ4n) is 0.892. The molecule has 2 N–H and O–H groups in total. The van der Waals surface area contributed by atoms with Gasteiger partial charge in [0.15, 0.2) is 0 Å². The minimum absolute atomic E-state index is 0.253. The van der Waals surface area contributed by atoms with Crippen LogP contribution >= 0.6 is 0 Å². The van der Waals surface area contributed by atoms with Gasteiger partial charge >= 0.3 is 0 Å². The zero-order chi connectivity index (χ0) is 8.10. The van der Waals surface area contributed by atoms with Crippen molar-refractivity contribution in [1.29, 1.82) is 0 Å². The van der Waals surface area contributed by atoms with E-state index in [1.807, 2.05) is 12.1 Å². The molecule has 1 amide bonds. The van der Waals surface area contributed by atoms with Crippen LogP contribution < -0.4 is 5.73 Å². The first-order valence-electron chi connectivity index (χ1n) is 3.60. The second kappa shape index (κ2) is 3.81. The highest BCUT2D eigenvalue weighted by Gasteiger charge is 1.97. The first kappa shape index (κ1) is 7.85. The summed E-state index contributed by atoms with van der Waals surface area (Å²) < 4.78 is 5.06. The number of hydrogen-bond donors (Lipinski definition) is 1. The molecule has 11 heavy (non-hydrogen) atoms. The summed E-state index contributed by atoms with van der Waals surface area (Å²) in [5.74, 6) is 0.655. The molecule has 0 saturated heterocycles. The molecule has 3 heteroatoms. The highest BCUT2D eigenvalue weighted by atomic mass is 16.3. The van der Waals surface area contributed by atoms with Gasteiger partial charge in [-0.25, -0.2) is 0 Å². The molecule has 3 nitrogen and oxygen atoms in total. The van der Waals surface area contributed by atoms with E-state index in [1.165, 1.54) is 0 Å². The molecule has 1 aromatic heterocycles. The Morgan fingerprint density at radius 1 is 1.64 bits per heavy atom. The van der Waals surface area contributed by atoms with Crippen molar-refractivity contribution in [2.75, 3.05) is 0 Å². The van der Waals surface area contributed by atoms with Gasteiger partial charge in [-0.1, -0.05) is 0 Å². The average molecular weight is 153 g/mol. The maximum Gasteiger partial charge on any atom is 0.217 e. The van der Waals surface area contributed by atoms with E-state index in [4.69, 9.17) is 10.2 Å². The standard InChI is InChI=1S/C8H11NO2/c9-8(10)5-1-3-7-4-2-6-11-7/h2,4,6H,1,3,5H2,(H2,9,10). The summed E-state index contributed by atoms with van der Waals surface area (Å²) in [5, 5.41) is 0. The van der Waals surface area contributed by atoms with E-state index in [2.05, 4.69) is 0 Å². The Morgan fingerprint density at radius 2 is 2.45 bits per heavy atom. The molecule has 1 rings (SSSR count). The van der Waals surface area contributed by atoms with Crippen molar-refractivity contribution in [2.45, 2.75) is 19.3 Å². The second-order valence-corrected chi connectivity index (χ2v) is 2.40. The summed E-state index contributed by atoms with van der Waals surface area (Å²) in [6.45, 7) is 0. The Labute approximate surface area is 65.2 Å². The van der Waals surface area contributed by atoms with Crippen molar-refractivity contribution in [3.8, 4) is 0 Å². The minimum atomic E-state index is -0.253. The Balaban J connectivity index is 2.19. The molecule has 0 aromatic carbocycles. The van der Waals surface area contributed by atoms with Gasteiger partial charge in [-0.15, -0.1) is 0 Å². The molecular weight excluding hydrogens is 142 g/mol. The van der Waals surface area contributed by atoms with Gasteiger partial charge < -0.3 is 10.2 Å². The Bertz CT molecular complexity index is 216. The van der Waals surface area contributed by atoms with Crippen molar-refractivity contribution in [3.63, 3.8) is 0 Å². The van der Waals surface area contributed by atoms with Crippen LogP contribution in [0.3, 0.4) is 0 Å². The van der Waals surface area contributed by atoms with E-state index in [0.29, 0.717) is 6.42 Å². The predicted molar refractivity (Wildman–Crippen MR) is 40.8 cm³/mol.